The Morgan fingerprint density at radius 1 is 0.808 bits per heavy atom. The number of hydrogen-bond donors (Lipinski definition) is 0. The van der Waals surface area contributed by atoms with Gasteiger partial charge in [0.25, 0.3) is 0 Å². The second-order valence-corrected chi connectivity index (χ2v) is 7.44. The van der Waals surface area contributed by atoms with E-state index in [0.717, 1.165) is 38.7 Å². The van der Waals surface area contributed by atoms with Crippen LogP contribution in [-0.4, -0.2) is 38.9 Å². The van der Waals surface area contributed by atoms with Crippen molar-refractivity contribution in [3.63, 3.8) is 0 Å². The summed E-state index contributed by atoms with van der Waals surface area (Å²) in [5.74, 6) is 0.660. The van der Waals surface area contributed by atoms with Gasteiger partial charge in [0, 0.05) is 26.6 Å². The molecule has 0 amide bonds. The molecule has 0 aromatic rings. The van der Waals surface area contributed by atoms with Gasteiger partial charge in [-0.1, -0.05) is 46.5 Å². The molecule has 0 heterocycles. The molecule has 0 saturated heterocycles. The van der Waals surface area contributed by atoms with Crippen LogP contribution in [0.3, 0.4) is 0 Å². The lowest BCUT2D eigenvalue weighted by Crippen LogP contribution is -2.12. The third-order valence-electron chi connectivity index (χ3n) is 4.32. The summed E-state index contributed by atoms with van der Waals surface area (Å²) in [4.78, 5) is 23.3. The quantitative estimate of drug-likeness (QED) is 0.268. The van der Waals surface area contributed by atoms with E-state index in [0.29, 0.717) is 37.9 Å². The first-order valence-electron chi connectivity index (χ1n) is 10.3. The van der Waals surface area contributed by atoms with Crippen molar-refractivity contribution in [2.24, 2.45) is 11.8 Å². The second kappa shape index (κ2) is 17.3. The first kappa shape index (κ1) is 24.9. The molecule has 5 heteroatoms. The van der Waals surface area contributed by atoms with Crippen molar-refractivity contribution in [2.75, 3.05) is 26.9 Å². The lowest BCUT2D eigenvalue weighted by atomic mass is 9.96. The summed E-state index contributed by atoms with van der Waals surface area (Å²) in [5, 5.41) is 0. The van der Waals surface area contributed by atoms with Crippen molar-refractivity contribution in [2.45, 2.75) is 85.0 Å². The van der Waals surface area contributed by atoms with E-state index in [9.17, 15) is 9.59 Å². The molecule has 0 aromatic carbocycles. The van der Waals surface area contributed by atoms with Crippen LogP contribution in [-0.2, 0) is 23.8 Å². The molecule has 0 N–H and O–H groups in total. The largest absolute Gasteiger partial charge is 0.466 e. The fourth-order valence-corrected chi connectivity index (χ4v) is 2.67. The van der Waals surface area contributed by atoms with Crippen LogP contribution in [0, 0.1) is 11.8 Å². The molecule has 0 aromatic heterocycles. The maximum atomic E-state index is 11.8. The monoisotopic (exact) mass is 372 g/mol. The molecular weight excluding hydrogens is 332 g/mol. The molecule has 0 rings (SSSR count). The summed E-state index contributed by atoms with van der Waals surface area (Å²) in [7, 11) is 1.72. The summed E-state index contributed by atoms with van der Waals surface area (Å²) in [6.45, 7) is 7.97. The highest BCUT2D eigenvalue weighted by Crippen LogP contribution is 2.17. The first-order valence-corrected chi connectivity index (χ1v) is 10.3. The van der Waals surface area contributed by atoms with Gasteiger partial charge in [-0.15, -0.1) is 0 Å². The van der Waals surface area contributed by atoms with Gasteiger partial charge in [-0.2, -0.15) is 0 Å². The van der Waals surface area contributed by atoms with Gasteiger partial charge in [-0.3, -0.25) is 9.59 Å². The van der Waals surface area contributed by atoms with Crippen LogP contribution in [0.2, 0.25) is 0 Å². The summed E-state index contributed by atoms with van der Waals surface area (Å²) >= 11 is 0. The molecule has 5 nitrogen and oxygen atoms in total. The number of methoxy groups -OCH3 is 1. The van der Waals surface area contributed by atoms with Crippen LogP contribution in [0.5, 0.6) is 0 Å². The molecule has 1 atom stereocenters. The highest BCUT2D eigenvalue weighted by Gasteiger charge is 2.10. The van der Waals surface area contributed by atoms with E-state index in [4.69, 9.17) is 14.2 Å². The van der Waals surface area contributed by atoms with Crippen molar-refractivity contribution < 1.29 is 23.8 Å². The Morgan fingerprint density at radius 3 is 2.00 bits per heavy atom. The van der Waals surface area contributed by atoms with Gasteiger partial charge in [-0.25, -0.2) is 0 Å². The van der Waals surface area contributed by atoms with Gasteiger partial charge >= 0.3 is 11.9 Å². The lowest BCUT2D eigenvalue weighted by molar-refractivity contribution is -0.145. The predicted octanol–water partition coefficient (Wildman–Crippen LogP) is 4.91. The molecule has 26 heavy (non-hydrogen) atoms. The Morgan fingerprint density at radius 2 is 1.42 bits per heavy atom. The Kier molecular flexibility index (Phi) is 16.6. The van der Waals surface area contributed by atoms with E-state index in [1.165, 1.54) is 19.3 Å². The van der Waals surface area contributed by atoms with Gasteiger partial charge in [-0.05, 0) is 37.5 Å². The minimum Gasteiger partial charge on any atom is -0.466 e. The molecule has 0 spiro atoms. The van der Waals surface area contributed by atoms with E-state index in [-0.39, 0.29) is 11.9 Å². The number of rotatable bonds is 17. The molecule has 1 unspecified atom stereocenters. The molecular formula is C21H40O5. The Hall–Kier alpha value is -1.10. The standard InChI is InChI=1S/C21H40O5/c1-5-6-10-19(13-15-24-4)14-16-25-20(22)11-8-7-9-12-21(23)26-17-18(2)3/h18-19H,5-17H2,1-4H3. The third kappa shape index (κ3) is 16.4. The molecule has 0 bridgehead atoms. The van der Waals surface area contributed by atoms with E-state index < -0.39 is 0 Å². The molecule has 0 aliphatic heterocycles. The summed E-state index contributed by atoms with van der Waals surface area (Å²) in [5.41, 5.74) is 0. The van der Waals surface area contributed by atoms with Crippen LogP contribution < -0.4 is 0 Å². The Bertz CT molecular complexity index is 346. The number of esters is 2. The van der Waals surface area contributed by atoms with Crippen molar-refractivity contribution >= 4 is 11.9 Å². The van der Waals surface area contributed by atoms with Gasteiger partial charge in [0.05, 0.1) is 13.2 Å². The van der Waals surface area contributed by atoms with E-state index >= 15 is 0 Å². The Balaban J connectivity index is 3.67. The van der Waals surface area contributed by atoms with Crippen LogP contribution in [0.25, 0.3) is 0 Å². The normalized spacial score (nSPS) is 12.2. The fourth-order valence-electron chi connectivity index (χ4n) is 2.67. The van der Waals surface area contributed by atoms with Gasteiger partial charge in [0.1, 0.15) is 0 Å². The van der Waals surface area contributed by atoms with Crippen LogP contribution in [0.4, 0.5) is 0 Å². The topological polar surface area (TPSA) is 61.8 Å². The van der Waals surface area contributed by atoms with Crippen molar-refractivity contribution in [3.8, 4) is 0 Å². The zero-order chi connectivity index (χ0) is 19.6. The zero-order valence-electron chi connectivity index (χ0n) is 17.4. The molecule has 154 valence electrons. The molecule has 0 aliphatic carbocycles. The minimum absolute atomic E-state index is 0.131. The molecule has 0 fully saturated rings. The maximum absolute atomic E-state index is 11.8. The molecule has 0 aliphatic rings. The number of carbonyl (C=O) groups is 2. The fraction of sp³-hybridized carbons (Fsp3) is 0.905. The summed E-state index contributed by atoms with van der Waals surface area (Å²) in [6.07, 6.45) is 8.75. The van der Waals surface area contributed by atoms with Crippen molar-refractivity contribution in [3.05, 3.63) is 0 Å². The highest BCUT2D eigenvalue weighted by molar-refractivity contribution is 5.69. The highest BCUT2D eigenvalue weighted by atomic mass is 16.5. The van der Waals surface area contributed by atoms with Crippen LogP contribution in [0.15, 0.2) is 0 Å². The minimum atomic E-state index is -0.143. The smallest absolute Gasteiger partial charge is 0.305 e. The van der Waals surface area contributed by atoms with Crippen molar-refractivity contribution in [1.29, 1.82) is 0 Å². The van der Waals surface area contributed by atoms with Crippen LogP contribution >= 0.6 is 0 Å². The van der Waals surface area contributed by atoms with Crippen LogP contribution in [0.1, 0.15) is 85.0 Å². The van der Waals surface area contributed by atoms with Crippen molar-refractivity contribution in [1.82, 2.24) is 0 Å². The molecule has 0 saturated carbocycles. The number of ether oxygens (including phenoxy) is 3. The third-order valence-corrected chi connectivity index (χ3v) is 4.32. The van der Waals surface area contributed by atoms with E-state index in [2.05, 4.69) is 6.92 Å². The van der Waals surface area contributed by atoms with Gasteiger partial charge < -0.3 is 14.2 Å². The number of carbonyl (C=O) groups excluding carboxylic acids is 2. The van der Waals surface area contributed by atoms with Gasteiger partial charge in [0.2, 0.25) is 0 Å². The second-order valence-electron chi connectivity index (χ2n) is 7.44. The average Bonchev–Trinajstić information content (AvgIpc) is 2.61. The SMILES string of the molecule is CCCCC(CCOC)CCOC(=O)CCCCCC(=O)OCC(C)C. The lowest BCUT2D eigenvalue weighted by Gasteiger charge is -2.16. The van der Waals surface area contributed by atoms with Gasteiger partial charge in [0.15, 0.2) is 0 Å². The number of unbranched alkanes of at least 4 members (excludes halogenated alkanes) is 3. The summed E-state index contributed by atoms with van der Waals surface area (Å²) < 4.78 is 15.6. The Labute approximate surface area is 160 Å². The predicted molar refractivity (Wildman–Crippen MR) is 104 cm³/mol. The average molecular weight is 373 g/mol. The molecule has 0 radical (unpaired) electrons. The maximum Gasteiger partial charge on any atom is 0.305 e. The first-order chi connectivity index (χ1) is 12.5. The number of hydrogen-bond acceptors (Lipinski definition) is 5. The van der Waals surface area contributed by atoms with E-state index in [1.807, 2.05) is 13.8 Å². The van der Waals surface area contributed by atoms with E-state index in [1.54, 1.807) is 7.11 Å². The zero-order valence-corrected chi connectivity index (χ0v) is 17.4. The summed E-state index contributed by atoms with van der Waals surface area (Å²) in [6, 6.07) is 0.